The number of aryl methyl sites for hydroxylation is 1. The zero-order valence-corrected chi connectivity index (χ0v) is 9.69. The van der Waals surface area contributed by atoms with Crippen molar-refractivity contribution in [3.05, 3.63) is 35.9 Å². The smallest absolute Gasteiger partial charge is 0.324 e. The summed E-state index contributed by atoms with van der Waals surface area (Å²) in [5.74, 6) is -1.04. The minimum atomic E-state index is -1.04. The molecule has 0 saturated heterocycles. The first-order valence-corrected chi connectivity index (χ1v) is 5.62. The van der Waals surface area contributed by atoms with Gasteiger partial charge in [-0.2, -0.15) is 0 Å². The SMILES string of the molecule is O=C(O)C(Cl)COCCCc1ccccc1. The highest BCUT2D eigenvalue weighted by Crippen LogP contribution is 2.03. The molecular weight excluding hydrogens is 228 g/mol. The lowest BCUT2D eigenvalue weighted by molar-refractivity contribution is -0.137. The molecule has 0 radical (unpaired) electrons. The molecule has 1 aromatic carbocycles. The van der Waals surface area contributed by atoms with Crippen molar-refractivity contribution in [1.82, 2.24) is 0 Å². The number of aliphatic carboxylic acids is 1. The molecule has 4 heteroatoms. The number of hydrogen-bond donors (Lipinski definition) is 1. The van der Waals surface area contributed by atoms with Crippen LogP contribution in [0.1, 0.15) is 12.0 Å². The summed E-state index contributed by atoms with van der Waals surface area (Å²) in [5.41, 5.74) is 1.26. The Kier molecular flexibility index (Phi) is 5.90. The standard InChI is InChI=1S/C12H15ClO3/c13-11(12(14)15)9-16-8-4-7-10-5-2-1-3-6-10/h1-3,5-6,11H,4,7-9H2,(H,14,15). The minimum Gasteiger partial charge on any atom is -0.480 e. The molecule has 0 amide bonds. The average Bonchev–Trinajstić information content (AvgIpc) is 2.29. The molecule has 0 spiro atoms. The van der Waals surface area contributed by atoms with Crippen LogP contribution in [-0.4, -0.2) is 29.7 Å². The normalized spacial score (nSPS) is 12.3. The molecule has 0 aromatic heterocycles. The molecule has 88 valence electrons. The molecule has 1 unspecified atom stereocenters. The Morgan fingerprint density at radius 1 is 1.38 bits per heavy atom. The van der Waals surface area contributed by atoms with Crippen LogP contribution in [0.4, 0.5) is 0 Å². The number of carboxylic acids is 1. The maximum atomic E-state index is 10.4. The molecule has 3 nitrogen and oxygen atoms in total. The molecule has 0 fully saturated rings. The summed E-state index contributed by atoms with van der Waals surface area (Å²) in [7, 11) is 0. The molecule has 0 aliphatic carbocycles. The van der Waals surface area contributed by atoms with E-state index in [-0.39, 0.29) is 6.61 Å². The molecule has 1 aromatic rings. The van der Waals surface area contributed by atoms with Crippen LogP contribution < -0.4 is 0 Å². The number of ether oxygens (including phenoxy) is 1. The third-order valence-corrected chi connectivity index (χ3v) is 2.44. The van der Waals surface area contributed by atoms with Gasteiger partial charge in [0, 0.05) is 6.61 Å². The largest absolute Gasteiger partial charge is 0.480 e. The van der Waals surface area contributed by atoms with Gasteiger partial charge in [0.25, 0.3) is 0 Å². The summed E-state index contributed by atoms with van der Waals surface area (Å²) >= 11 is 5.49. The molecule has 1 atom stereocenters. The fourth-order valence-corrected chi connectivity index (χ4v) is 1.37. The van der Waals surface area contributed by atoms with E-state index in [4.69, 9.17) is 21.4 Å². The van der Waals surface area contributed by atoms with Crippen molar-refractivity contribution >= 4 is 17.6 Å². The number of carbonyl (C=O) groups is 1. The summed E-state index contributed by atoms with van der Waals surface area (Å²) in [6, 6.07) is 10.1. The fourth-order valence-electron chi connectivity index (χ4n) is 1.28. The molecule has 1 rings (SSSR count). The second-order valence-corrected chi connectivity index (χ2v) is 4.00. The molecule has 0 aliphatic rings. The predicted octanol–water partition coefficient (Wildman–Crippen LogP) is 2.33. The Morgan fingerprint density at radius 3 is 2.69 bits per heavy atom. The summed E-state index contributed by atoms with van der Waals surface area (Å²) in [6.07, 6.45) is 1.80. The Balaban J connectivity index is 2.07. The topological polar surface area (TPSA) is 46.5 Å². The van der Waals surface area contributed by atoms with Crippen molar-refractivity contribution in [2.24, 2.45) is 0 Å². The van der Waals surface area contributed by atoms with Crippen molar-refractivity contribution in [3.8, 4) is 0 Å². The fraction of sp³-hybridized carbons (Fsp3) is 0.417. The third kappa shape index (κ3) is 5.14. The quantitative estimate of drug-likeness (QED) is 0.590. The second kappa shape index (κ2) is 7.25. The molecular formula is C12H15ClO3. The van der Waals surface area contributed by atoms with Crippen LogP contribution in [-0.2, 0) is 16.0 Å². The van der Waals surface area contributed by atoms with Crippen molar-refractivity contribution < 1.29 is 14.6 Å². The highest BCUT2D eigenvalue weighted by molar-refractivity contribution is 6.29. The van der Waals surface area contributed by atoms with Gasteiger partial charge in [-0.15, -0.1) is 11.6 Å². The van der Waals surface area contributed by atoms with Crippen LogP contribution >= 0.6 is 11.6 Å². The maximum absolute atomic E-state index is 10.4. The van der Waals surface area contributed by atoms with Crippen LogP contribution in [0.5, 0.6) is 0 Å². The molecule has 1 N–H and O–H groups in total. The van der Waals surface area contributed by atoms with Gasteiger partial charge in [0.15, 0.2) is 5.38 Å². The van der Waals surface area contributed by atoms with Crippen molar-refractivity contribution in [1.29, 1.82) is 0 Å². The second-order valence-electron chi connectivity index (χ2n) is 3.47. The minimum absolute atomic E-state index is 0.0612. The van der Waals surface area contributed by atoms with Gasteiger partial charge < -0.3 is 9.84 Å². The van der Waals surface area contributed by atoms with E-state index in [0.717, 1.165) is 12.8 Å². The lowest BCUT2D eigenvalue weighted by Crippen LogP contribution is -2.20. The van der Waals surface area contributed by atoms with E-state index in [9.17, 15) is 4.79 Å². The van der Waals surface area contributed by atoms with Crippen LogP contribution in [0.2, 0.25) is 0 Å². The summed E-state index contributed by atoms with van der Waals surface area (Å²) in [5, 5.41) is 7.56. The molecule has 0 saturated carbocycles. The van der Waals surface area contributed by atoms with Gasteiger partial charge >= 0.3 is 5.97 Å². The molecule has 0 heterocycles. The van der Waals surface area contributed by atoms with E-state index in [1.54, 1.807) is 0 Å². The maximum Gasteiger partial charge on any atom is 0.324 e. The van der Waals surface area contributed by atoms with E-state index >= 15 is 0 Å². The lowest BCUT2D eigenvalue weighted by Gasteiger charge is -2.06. The van der Waals surface area contributed by atoms with Gasteiger partial charge in [-0.3, -0.25) is 4.79 Å². The molecule has 0 bridgehead atoms. The van der Waals surface area contributed by atoms with Gasteiger partial charge in [-0.25, -0.2) is 0 Å². The number of rotatable bonds is 7. The third-order valence-electron chi connectivity index (χ3n) is 2.13. The number of alkyl halides is 1. The first-order chi connectivity index (χ1) is 7.70. The number of benzene rings is 1. The van der Waals surface area contributed by atoms with Crippen LogP contribution in [0.3, 0.4) is 0 Å². The van der Waals surface area contributed by atoms with Gasteiger partial charge in [0.2, 0.25) is 0 Å². The van der Waals surface area contributed by atoms with Gasteiger partial charge in [0.05, 0.1) is 6.61 Å². The summed E-state index contributed by atoms with van der Waals surface area (Å²) < 4.78 is 5.17. The summed E-state index contributed by atoms with van der Waals surface area (Å²) in [6.45, 7) is 0.594. The molecule has 0 aliphatic heterocycles. The van der Waals surface area contributed by atoms with E-state index in [0.29, 0.717) is 6.61 Å². The van der Waals surface area contributed by atoms with E-state index in [1.807, 2.05) is 18.2 Å². The predicted molar refractivity (Wildman–Crippen MR) is 62.9 cm³/mol. The Labute approximate surface area is 100.0 Å². The number of halogens is 1. The molecule has 16 heavy (non-hydrogen) atoms. The monoisotopic (exact) mass is 242 g/mol. The van der Waals surface area contributed by atoms with E-state index in [2.05, 4.69) is 12.1 Å². The highest BCUT2D eigenvalue weighted by atomic mass is 35.5. The zero-order chi connectivity index (χ0) is 11.8. The first kappa shape index (κ1) is 13.0. The Hall–Kier alpha value is -1.06. The lowest BCUT2D eigenvalue weighted by atomic mass is 10.1. The van der Waals surface area contributed by atoms with Crippen molar-refractivity contribution in [2.45, 2.75) is 18.2 Å². The first-order valence-electron chi connectivity index (χ1n) is 5.18. The van der Waals surface area contributed by atoms with Crippen molar-refractivity contribution in [3.63, 3.8) is 0 Å². The zero-order valence-electron chi connectivity index (χ0n) is 8.93. The van der Waals surface area contributed by atoms with E-state index in [1.165, 1.54) is 5.56 Å². The Bertz CT molecular complexity index is 313. The van der Waals surface area contributed by atoms with Crippen molar-refractivity contribution in [2.75, 3.05) is 13.2 Å². The van der Waals surface area contributed by atoms with Gasteiger partial charge in [-0.1, -0.05) is 30.3 Å². The van der Waals surface area contributed by atoms with Gasteiger partial charge in [-0.05, 0) is 18.4 Å². The number of hydrogen-bond acceptors (Lipinski definition) is 2. The van der Waals surface area contributed by atoms with Crippen LogP contribution in [0.15, 0.2) is 30.3 Å². The average molecular weight is 243 g/mol. The van der Waals surface area contributed by atoms with Gasteiger partial charge in [0.1, 0.15) is 0 Å². The highest BCUT2D eigenvalue weighted by Gasteiger charge is 2.12. The Morgan fingerprint density at radius 2 is 2.06 bits per heavy atom. The summed E-state index contributed by atoms with van der Waals surface area (Å²) in [4.78, 5) is 10.4. The van der Waals surface area contributed by atoms with Crippen LogP contribution in [0.25, 0.3) is 0 Å². The van der Waals surface area contributed by atoms with E-state index < -0.39 is 11.3 Å². The van der Waals surface area contributed by atoms with Crippen LogP contribution in [0, 0.1) is 0 Å². The number of carboxylic acid groups (broad SMARTS) is 1.